The Morgan fingerprint density at radius 1 is 1.57 bits per heavy atom. The molecule has 1 heterocycles. The third kappa shape index (κ3) is 2.97. The van der Waals surface area contributed by atoms with Crippen LogP contribution in [0.5, 0.6) is 0 Å². The fourth-order valence-corrected chi connectivity index (χ4v) is 2.07. The molecule has 1 fully saturated rings. The van der Waals surface area contributed by atoms with Gasteiger partial charge >= 0.3 is 0 Å². The highest BCUT2D eigenvalue weighted by molar-refractivity contribution is 4.85. The second-order valence-electron chi connectivity index (χ2n) is 4.47. The van der Waals surface area contributed by atoms with Crippen molar-refractivity contribution in [1.82, 2.24) is 9.80 Å². The molecule has 1 aliphatic rings. The zero-order chi connectivity index (χ0) is 10.6. The van der Waals surface area contributed by atoms with Crippen molar-refractivity contribution in [2.24, 2.45) is 0 Å². The van der Waals surface area contributed by atoms with Crippen LogP contribution in [0.4, 0.5) is 0 Å². The SMILES string of the molecule is CC(CC#N)N1CCCC(N(C)C)C1. The molecule has 0 saturated carbocycles. The maximum Gasteiger partial charge on any atom is 0.0638 e. The van der Waals surface area contributed by atoms with E-state index in [4.69, 9.17) is 5.26 Å². The van der Waals surface area contributed by atoms with Crippen LogP contribution in [0.25, 0.3) is 0 Å². The summed E-state index contributed by atoms with van der Waals surface area (Å²) in [6.07, 6.45) is 3.21. The highest BCUT2D eigenvalue weighted by Gasteiger charge is 2.24. The predicted octanol–water partition coefficient (Wildman–Crippen LogP) is 1.31. The van der Waals surface area contributed by atoms with Crippen molar-refractivity contribution >= 4 is 0 Å². The summed E-state index contributed by atoms with van der Waals surface area (Å²) < 4.78 is 0. The highest BCUT2D eigenvalue weighted by Crippen LogP contribution is 2.16. The van der Waals surface area contributed by atoms with Crippen LogP contribution in [0.3, 0.4) is 0 Å². The average molecular weight is 195 g/mol. The second kappa shape index (κ2) is 5.33. The molecule has 2 unspecified atom stereocenters. The molecule has 1 aliphatic heterocycles. The van der Waals surface area contributed by atoms with Gasteiger partial charge < -0.3 is 4.90 Å². The lowest BCUT2D eigenvalue weighted by atomic mass is 10.0. The van der Waals surface area contributed by atoms with Gasteiger partial charge in [0.25, 0.3) is 0 Å². The highest BCUT2D eigenvalue weighted by atomic mass is 15.2. The van der Waals surface area contributed by atoms with E-state index in [1.807, 2.05) is 0 Å². The third-order valence-corrected chi connectivity index (χ3v) is 3.17. The number of likely N-dealkylation sites (tertiary alicyclic amines) is 1. The van der Waals surface area contributed by atoms with Crippen LogP contribution in [-0.2, 0) is 0 Å². The molecule has 3 nitrogen and oxygen atoms in total. The summed E-state index contributed by atoms with van der Waals surface area (Å²) in [6, 6.07) is 3.34. The number of piperidine rings is 1. The van der Waals surface area contributed by atoms with E-state index in [2.05, 4.69) is 36.9 Å². The Bertz CT molecular complexity index is 207. The zero-order valence-corrected chi connectivity index (χ0v) is 9.53. The van der Waals surface area contributed by atoms with Crippen molar-refractivity contribution in [3.63, 3.8) is 0 Å². The van der Waals surface area contributed by atoms with Crippen molar-refractivity contribution in [3.8, 4) is 6.07 Å². The van der Waals surface area contributed by atoms with Crippen LogP contribution >= 0.6 is 0 Å². The topological polar surface area (TPSA) is 30.3 Å². The van der Waals surface area contributed by atoms with Gasteiger partial charge in [0, 0.05) is 18.6 Å². The first-order valence-corrected chi connectivity index (χ1v) is 5.42. The van der Waals surface area contributed by atoms with Gasteiger partial charge in [-0.3, -0.25) is 4.90 Å². The minimum absolute atomic E-state index is 0.419. The molecule has 0 N–H and O–H groups in total. The van der Waals surface area contributed by atoms with E-state index in [9.17, 15) is 0 Å². The number of rotatable bonds is 3. The Morgan fingerprint density at radius 2 is 2.29 bits per heavy atom. The molecule has 0 radical (unpaired) electrons. The van der Waals surface area contributed by atoms with Gasteiger partial charge in [0.2, 0.25) is 0 Å². The van der Waals surface area contributed by atoms with Gasteiger partial charge in [0.1, 0.15) is 0 Å². The largest absolute Gasteiger partial charge is 0.305 e. The number of nitriles is 1. The van der Waals surface area contributed by atoms with E-state index >= 15 is 0 Å². The van der Waals surface area contributed by atoms with Crippen LogP contribution in [0, 0.1) is 11.3 Å². The van der Waals surface area contributed by atoms with Crippen LogP contribution < -0.4 is 0 Å². The van der Waals surface area contributed by atoms with Gasteiger partial charge in [-0.25, -0.2) is 0 Å². The summed E-state index contributed by atoms with van der Waals surface area (Å²) in [7, 11) is 4.28. The fraction of sp³-hybridized carbons (Fsp3) is 0.909. The maximum atomic E-state index is 8.66. The quantitative estimate of drug-likeness (QED) is 0.680. The smallest absolute Gasteiger partial charge is 0.0638 e. The van der Waals surface area contributed by atoms with Crippen molar-refractivity contribution in [3.05, 3.63) is 0 Å². The molecule has 80 valence electrons. The Kier molecular flexibility index (Phi) is 4.37. The molecular formula is C11H21N3. The summed E-state index contributed by atoms with van der Waals surface area (Å²) in [5.41, 5.74) is 0. The first-order chi connectivity index (χ1) is 6.65. The first kappa shape index (κ1) is 11.5. The standard InChI is InChI=1S/C11H21N3/c1-10(6-7-12)14-8-4-5-11(9-14)13(2)3/h10-11H,4-6,8-9H2,1-3H3. The van der Waals surface area contributed by atoms with Gasteiger partial charge in [-0.15, -0.1) is 0 Å². The molecule has 1 saturated heterocycles. The molecule has 3 heteroatoms. The second-order valence-corrected chi connectivity index (χ2v) is 4.47. The molecular weight excluding hydrogens is 174 g/mol. The van der Waals surface area contributed by atoms with Gasteiger partial charge in [-0.2, -0.15) is 5.26 Å². The number of hydrogen-bond acceptors (Lipinski definition) is 3. The van der Waals surface area contributed by atoms with Crippen LogP contribution in [0.2, 0.25) is 0 Å². The van der Waals surface area contributed by atoms with E-state index in [-0.39, 0.29) is 0 Å². The fourth-order valence-electron chi connectivity index (χ4n) is 2.07. The lowest BCUT2D eigenvalue weighted by molar-refractivity contribution is 0.104. The van der Waals surface area contributed by atoms with Gasteiger partial charge in [0.05, 0.1) is 12.5 Å². The molecule has 0 aliphatic carbocycles. The summed E-state index contributed by atoms with van der Waals surface area (Å²) >= 11 is 0. The molecule has 1 rings (SSSR count). The first-order valence-electron chi connectivity index (χ1n) is 5.42. The Labute approximate surface area is 87.3 Å². The number of likely N-dealkylation sites (N-methyl/N-ethyl adjacent to an activating group) is 1. The minimum Gasteiger partial charge on any atom is -0.305 e. The predicted molar refractivity (Wildman–Crippen MR) is 58.0 cm³/mol. The molecule has 0 aromatic carbocycles. The Balaban J connectivity index is 2.44. The van der Waals surface area contributed by atoms with E-state index in [1.54, 1.807) is 0 Å². The van der Waals surface area contributed by atoms with E-state index < -0.39 is 0 Å². The molecule has 2 atom stereocenters. The molecule has 0 amide bonds. The Morgan fingerprint density at radius 3 is 2.86 bits per heavy atom. The summed E-state index contributed by atoms with van der Waals surface area (Å²) in [5.74, 6) is 0. The summed E-state index contributed by atoms with van der Waals surface area (Å²) in [4.78, 5) is 4.74. The van der Waals surface area contributed by atoms with Gasteiger partial charge in [-0.05, 0) is 40.4 Å². The summed E-state index contributed by atoms with van der Waals surface area (Å²) in [6.45, 7) is 4.43. The average Bonchev–Trinajstić information content (AvgIpc) is 2.18. The van der Waals surface area contributed by atoms with Crippen molar-refractivity contribution in [2.75, 3.05) is 27.2 Å². The summed E-state index contributed by atoms with van der Waals surface area (Å²) in [5, 5.41) is 8.66. The lowest BCUT2D eigenvalue weighted by Gasteiger charge is -2.38. The van der Waals surface area contributed by atoms with Gasteiger partial charge in [0.15, 0.2) is 0 Å². The van der Waals surface area contributed by atoms with Crippen molar-refractivity contribution in [1.29, 1.82) is 5.26 Å². The van der Waals surface area contributed by atoms with E-state index in [1.165, 1.54) is 12.8 Å². The zero-order valence-electron chi connectivity index (χ0n) is 9.53. The third-order valence-electron chi connectivity index (χ3n) is 3.17. The molecule has 0 aromatic heterocycles. The lowest BCUT2D eigenvalue weighted by Crippen LogP contribution is -2.48. The van der Waals surface area contributed by atoms with Crippen molar-refractivity contribution < 1.29 is 0 Å². The van der Waals surface area contributed by atoms with Crippen LogP contribution in [-0.4, -0.2) is 49.1 Å². The van der Waals surface area contributed by atoms with E-state index in [0.717, 1.165) is 13.1 Å². The molecule has 0 bridgehead atoms. The molecule has 0 spiro atoms. The molecule has 0 aromatic rings. The van der Waals surface area contributed by atoms with Crippen LogP contribution in [0.15, 0.2) is 0 Å². The number of nitrogens with zero attached hydrogens (tertiary/aromatic N) is 3. The van der Waals surface area contributed by atoms with Crippen LogP contribution in [0.1, 0.15) is 26.2 Å². The van der Waals surface area contributed by atoms with E-state index in [0.29, 0.717) is 18.5 Å². The maximum absolute atomic E-state index is 8.66. The minimum atomic E-state index is 0.419. The monoisotopic (exact) mass is 195 g/mol. The van der Waals surface area contributed by atoms with Gasteiger partial charge in [-0.1, -0.05) is 0 Å². The normalized spacial score (nSPS) is 26.1. The number of hydrogen-bond donors (Lipinski definition) is 0. The Hall–Kier alpha value is -0.590. The molecule has 14 heavy (non-hydrogen) atoms. The van der Waals surface area contributed by atoms with Crippen molar-refractivity contribution in [2.45, 2.75) is 38.3 Å².